The number of benzene rings is 3. The minimum Gasteiger partial charge on any atom is -0.508 e. The van der Waals surface area contributed by atoms with Crippen LogP contribution in [0.1, 0.15) is 24.3 Å². The molecule has 0 bridgehead atoms. The Kier molecular flexibility index (Phi) is 6.88. The van der Waals surface area contributed by atoms with Crippen molar-refractivity contribution in [2.24, 2.45) is 29.6 Å². The number of nitro benzene ring substituents is 2. The van der Waals surface area contributed by atoms with Gasteiger partial charge in [-0.05, 0) is 37.0 Å². The summed E-state index contributed by atoms with van der Waals surface area (Å²) in [5.74, 6) is -7.18. The van der Waals surface area contributed by atoms with Gasteiger partial charge in [-0.3, -0.25) is 39.4 Å². The number of methoxy groups -OCH3 is 1. The Hall–Kier alpha value is -5.92. The molecule has 0 aromatic heterocycles. The second-order valence-corrected chi connectivity index (χ2v) is 12.0. The van der Waals surface area contributed by atoms with Crippen LogP contribution in [0.5, 0.6) is 11.5 Å². The van der Waals surface area contributed by atoms with Crippen molar-refractivity contribution in [3.63, 3.8) is 0 Å². The van der Waals surface area contributed by atoms with E-state index in [0.29, 0.717) is 11.1 Å². The number of hydrogen-bond donors (Lipinski definition) is 1. The normalized spacial score (nSPS) is 26.4. The minimum absolute atomic E-state index is 0.0406. The number of hydrogen-bond acceptors (Lipinski definition) is 10. The molecule has 2 aliphatic carbocycles. The van der Waals surface area contributed by atoms with Crippen molar-refractivity contribution in [1.29, 1.82) is 0 Å². The van der Waals surface area contributed by atoms with Crippen LogP contribution in [0.2, 0.25) is 0 Å². The number of non-ortho nitro benzene ring substituents is 2. The maximum absolute atomic E-state index is 14.3. The Bertz CT molecular complexity index is 1960. The third-order valence-corrected chi connectivity index (χ3v) is 9.80. The van der Waals surface area contributed by atoms with E-state index in [1.807, 2.05) is 6.08 Å². The second kappa shape index (κ2) is 10.9. The highest BCUT2D eigenvalue weighted by Crippen LogP contribution is 2.59. The summed E-state index contributed by atoms with van der Waals surface area (Å²) in [6.45, 7) is 0. The lowest BCUT2D eigenvalue weighted by molar-refractivity contribution is -0.385. The predicted molar refractivity (Wildman–Crippen MR) is 163 cm³/mol. The summed E-state index contributed by atoms with van der Waals surface area (Å²) in [6.07, 6.45) is 2.03. The number of fused-ring (bicyclic) bond motifs is 4. The van der Waals surface area contributed by atoms with E-state index in [4.69, 9.17) is 4.74 Å². The fraction of sp³-hybridized carbons (Fsp3) is 0.273. The molecule has 1 N–H and O–H groups in total. The average molecular weight is 639 g/mol. The number of phenols is 1. The van der Waals surface area contributed by atoms with Gasteiger partial charge in [-0.2, -0.15) is 0 Å². The van der Waals surface area contributed by atoms with Crippen LogP contribution < -0.4 is 14.5 Å². The van der Waals surface area contributed by atoms with Gasteiger partial charge in [-0.15, -0.1) is 0 Å². The molecule has 0 radical (unpaired) electrons. The average Bonchev–Trinajstić information content (AvgIpc) is 3.47. The van der Waals surface area contributed by atoms with Gasteiger partial charge in [0.25, 0.3) is 11.4 Å². The summed E-state index contributed by atoms with van der Waals surface area (Å²) < 4.78 is 5.60. The van der Waals surface area contributed by atoms with Crippen LogP contribution in [0.3, 0.4) is 0 Å². The maximum Gasteiger partial charge on any atom is 0.271 e. The number of amides is 4. The van der Waals surface area contributed by atoms with Gasteiger partial charge >= 0.3 is 0 Å². The number of ether oxygens (including phenoxy) is 1. The third-order valence-electron chi connectivity index (χ3n) is 9.80. The van der Waals surface area contributed by atoms with Gasteiger partial charge in [0.1, 0.15) is 11.5 Å². The fourth-order valence-electron chi connectivity index (χ4n) is 7.89. The Balaban J connectivity index is 1.34. The Morgan fingerprint density at radius 3 is 1.89 bits per heavy atom. The van der Waals surface area contributed by atoms with Crippen molar-refractivity contribution in [2.45, 2.75) is 18.8 Å². The Morgan fingerprint density at radius 2 is 1.32 bits per heavy atom. The van der Waals surface area contributed by atoms with E-state index < -0.39 is 69.0 Å². The van der Waals surface area contributed by atoms with E-state index in [9.17, 15) is 44.5 Å². The highest BCUT2D eigenvalue weighted by molar-refractivity contribution is 6.24. The van der Waals surface area contributed by atoms with E-state index in [1.165, 1.54) is 61.7 Å². The van der Waals surface area contributed by atoms with Crippen LogP contribution >= 0.6 is 0 Å². The molecule has 0 spiro atoms. The van der Waals surface area contributed by atoms with Crippen molar-refractivity contribution in [3.8, 4) is 11.5 Å². The molecule has 7 rings (SSSR count). The fourth-order valence-corrected chi connectivity index (χ4v) is 7.89. The molecule has 3 aromatic carbocycles. The summed E-state index contributed by atoms with van der Waals surface area (Å²) in [6, 6.07) is 14.9. The van der Waals surface area contributed by atoms with Crippen molar-refractivity contribution < 1.29 is 38.9 Å². The van der Waals surface area contributed by atoms with E-state index in [0.717, 1.165) is 15.9 Å². The number of allylic oxidation sites excluding steroid dienone is 2. The molecule has 4 aliphatic rings. The van der Waals surface area contributed by atoms with Crippen molar-refractivity contribution >= 4 is 46.4 Å². The summed E-state index contributed by atoms with van der Waals surface area (Å²) in [4.78, 5) is 79.9. The first kappa shape index (κ1) is 29.8. The molecule has 6 atom stereocenters. The zero-order valence-electron chi connectivity index (χ0n) is 24.7. The lowest BCUT2D eigenvalue weighted by atomic mass is 9.57. The highest BCUT2D eigenvalue weighted by Gasteiger charge is 2.62. The molecule has 6 unspecified atom stereocenters. The number of nitro groups is 2. The molecule has 2 aliphatic heterocycles. The predicted octanol–water partition coefficient (Wildman–Crippen LogP) is 4.26. The lowest BCUT2D eigenvalue weighted by Crippen LogP contribution is -2.43. The first-order chi connectivity index (χ1) is 22.5. The van der Waals surface area contributed by atoms with E-state index >= 15 is 0 Å². The van der Waals surface area contributed by atoms with Crippen molar-refractivity contribution in [3.05, 3.63) is 104 Å². The number of nitrogens with zero attached hydrogens (tertiary/aromatic N) is 4. The van der Waals surface area contributed by atoms with Gasteiger partial charge in [0.15, 0.2) is 0 Å². The number of anilines is 2. The van der Waals surface area contributed by atoms with Crippen molar-refractivity contribution in [1.82, 2.24) is 0 Å². The number of imide groups is 2. The molecule has 14 nitrogen and oxygen atoms in total. The highest BCUT2D eigenvalue weighted by atomic mass is 16.6. The molecule has 14 heteroatoms. The van der Waals surface area contributed by atoms with Crippen LogP contribution in [0.25, 0.3) is 0 Å². The zero-order chi connectivity index (χ0) is 33.3. The van der Waals surface area contributed by atoms with Gasteiger partial charge in [0.2, 0.25) is 23.6 Å². The van der Waals surface area contributed by atoms with Crippen LogP contribution in [0, 0.1) is 49.8 Å². The molecule has 2 heterocycles. The van der Waals surface area contributed by atoms with E-state index in [-0.39, 0.29) is 47.1 Å². The standard InChI is InChI=1S/C33H26N4O10/c1-47-26-14-20(38)8-9-22(26)27-21-10-11-23-28(32(41)34(30(23)39)16-4-2-6-18(12-16)36(43)44)24(21)15-25-29(27)33(42)35(31(25)40)17-5-3-7-19(13-17)37(45)46/h2-10,12-14,23-25,27-29,38H,11,15H2,1H3. The molecule has 3 fully saturated rings. The topological polar surface area (TPSA) is 190 Å². The SMILES string of the molecule is COc1cc(O)ccc1C1C2=CCC3C(=O)N(c4cccc([N+](=O)[O-])c4)C(=O)C3C2CC2C(=O)N(c3cccc([N+](=O)[O-])c3)C(=O)C21. The van der Waals surface area contributed by atoms with Crippen LogP contribution in [0.15, 0.2) is 78.4 Å². The van der Waals surface area contributed by atoms with Crippen LogP contribution in [-0.2, 0) is 19.2 Å². The third kappa shape index (κ3) is 4.47. The molecular formula is C33H26N4O10. The zero-order valence-corrected chi connectivity index (χ0v) is 24.7. The number of carbonyl (C=O) groups excluding carboxylic acids is 4. The van der Waals surface area contributed by atoms with E-state index in [2.05, 4.69) is 0 Å². The first-order valence-electron chi connectivity index (χ1n) is 14.8. The van der Waals surface area contributed by atoms with Gasteiger partial charge < -0.3 is 9.84 Å². The Labute approximate surface area is 266 Å². The number of phenolic OH excluding ortho intramolecular Hbond substituents is 1. The van der Waals surface area contributed by atoms with Gasteiger partial charge in [-0.1, -0.05) is 29.8 Å². The van der Waals surface area contributed by atoms with Gasteiger partial charge in [0.05, 0.1) is 52.0 Å². The van der Waals surface area contributed by atoms with Crippen LogP contribution in [0.4, 0.5) is 22.7 Å². The minimum atomic E-state index is -0.973. The van der Waals surface area contributed by atoms with E-state index in [1.54, 1.807) is 6.07 Å². The lowest BCUT2D eigenvalue weighted by Gasteiger charge is -2.44. The molecule has 4 amide bonds. The first-order valence-corrected chi connectivity index (χ1v) is 14.8. The number of aromatic hydroxyl groups is 1. The molecule has 3 aromatic rings. The maximum atomic E-state index is 14.3. The molecule has 238 valence electrons. The molecular weight excluding hydrogens is 612 g/mol. The smallest absolute Gasteiger partial charge is 0.271 e. The molecule has 2 saturated heterocycles. The summed E-state index contributed by atoms with van der Waals surface area (Å²) in [5.41, 5.74) is 0.682. The summed E-state index contributed by atoms with van der Waals surface area (Å²) in [7, 11) is 1.40. The summed E-state index contributed by atoms with van der Waals surface area (Å²) >= 11 is 0. The molecule has 1 saturated carbocycles. The second-order valence-electron chi connectivity index (χ2n) is 12.0. The summed E-state index contributed by atoms with van der Waals surface area (Å²) in [5, 5.41) is 33.2. The van der Waals surface area contributed by atoms with Gasteiger partial charge in [-0.25, -0.2) is 9.80 Å². The number of carbonyl (C=O) groups is 4. The largest absolute Gasteiger partial charge is 0.508 e. The quantitative estimate of drug-likeness (QED) is 0.177. The van der Waals surface area contributed by atoms with Crippen LogP contribution in [-0.4, -0.2) is 45.7 Å². The monoisotopic (exact) mass is 638 g/mol. The Morgan fingerprint density at radius 1 is 0.745 bits per heavy atom. The molecule has 47 heavy (non-hydrogen) atoms. The van der Waals surface area contributed by atoms with Crippen molar-refractivity contribution in [2.75, 3.05) is 16.9 Å². The number of rotatable bonds is 6. The van der Waals surface area contributed by atoms with Gasteiger partial charge in [0, 0.05) is 41.8 Å².